The SMILES string of the molecule is O=C1CN(C2CC[NH2+]CC2)C(=O)N1. The number of nitrogens with one attached hydrogen (secondary N) is 1. The molecule has 0 aromatic rings. The van der Waals surface area contributed by atoms with Crippen LogP contribution in [0.1, 0.15) is 12.8 Å². The predicted molar refractivity (Wildman–Crippen MR) is 44.9 cm³/mol. The van der Waals surface area contributed by atoms with E-state index in [0.717, 1.165) is 25.9 Å². The van der Waals surface area contributed by atoms with Crippen LogP contribution < -0.4 is 10.6 Å². The van der Waals surface area contributed by atoms with Crippen LogP contribution in [0.4, 0.5) is 4.79 Å². The molecule has 72 valence electrons. The van der Waals surface area contributed by atoms with Crippen molar-refractivity contribution in [2.45, 2.75) is 18.9 Å². The Bertz CT molecular complexity index is 236. The molecule has 5 heteroatoms. The summed E-state index contributed by atoms with van der Waals surface area (Å²) in [4.78, 5) is 23.9. The normalized spacial score (nSPS) is 25.1. The van der Waals surface area contributed by atoms with Gasteiger partial charge in [0.1, 0.15) is 6.54 Å². The van der Waals surface area contributed by atoms with Crippen molar-refractivity contribution in [3.05, 3.63) is 0 Å². The van der Waals surface area contributed by atoms with Crippen molar-refractivity contribution in [1.29, 1.82) is 0 Å². The number of nitrogens with zero attached hydrogens (tertiary/aromatic N) is 1. The van der Waals surface area contributed by atoms with Gasteiger partial charge in [0.25, 0.3) is 0 Å². The minimum atomic E-state index is -0.211. The lowest BCUT2D eigenvalue weighted by Gasteiger charge is -2.27. The van der Waals surface area contributed by atoms with Crippen molar-refractivity contribution in [1.82, 2.24) is 10.2 Å². The third-order valence-corrected chi connectivity index (χ3v) is 2.67. The zero-order chi connectivity index (χ0) is 9.26. The van der Waals surface area contributed by atoms with Gasteiger partial charge in [0.15, 0.2) is 0 Å². The molecule has 0 aliphatic carbocycles. The van der Waals surface area contributed by atoms with Crippen molar-refractivity contribution in [3.63, 3.8) is 0 Å². The quantitative estimate of drug-likeness (QED) is 0.475. The maximum atomic E-state index is 11.3. The lowest BCUT2D eigenvalue weighted by molar-refractivity contribution is -0.663. The first-order valence-electron chi connectivity index (χ1n) is 4.69. The Labute approximate surface area is 76.5 Å². The second kappa shape index (κ2) is 3.33. The summed E-state index contributed by atoms with van der Waals surface area (Å²) in [7, 11) is 0. The molecule has 0 saturated carbocycles. The first kappa shape index (κ1) is 8.50. The van der Waals surface area contributed by atoms with Gasteiger partial charge in [-0.3, -0.25) is 10.1 Å². The largest absolute Gasteiger partial charge is 0.346 e. The Morgan fingerprint density at radius 3 is 2.54 bits per heavy atom. The maximum Gasteiger partial charge on any atom is 0.324 e. The summed E-state index contributed by atoms with van der Waals surface area (Å²) in [6.07, 6.45) is 2.00. The third-order valence-electron chi connectivity index (χ3n) is 2.67. The van der Waals surface area contributed by atoms with E-state index in [1.54, 1.807) is 4.90 Å². The van der Waals surface area contributed by atoms with E-state index < -0.39 is 0 Å². The summed E-state index contributed by atoms with van der Waals surface area (Å²) in [6, 6.07) is 0.0633. The van der Waals surface area contributed by atoms with Gasteiger partial charge in [-0.1, -0.05) is 0 Å². The van der Waals surface area contributed by atoms with Crippen molar-refractivity contribution in [2.24, 2.45) is 0 Å². The van der Waals surface area contributed by atoms with Crippen LogP contribution in [-0.4, -0.2) is 42.5 Å². The molecule has 0 spiro atoms. The Hall–Kier alpha value is -1.10. The van der Waals surface area contributed by atoms with Gasteiger partial charge in [-0.2, -0.15) is 0 Å². The molecule has 3 N–H and O–H groups in total. The molecule has 2 aliphatic heterocycles. The van der Waals surface area contributed by atoms with Gasteiger partial charge in [0.05, 0.1) is 13.1 Å². The number of urea groups is 1. The van der Waals surface area contributed by atoms with Crippen LogP contribution in [0.15, 0.2) is 0 Å². The van der Waals surface area contributed by atoms with Crippen LogP contribution in [0.25, 0.3) is 0 Å². The molecule has 2 rings (SSSR count). The number of hydrogen-bond acceptors (Lipinski definition) is 2. The number of amides is 3. The highest BCUT2D eigenvalue weighted by molar-refractivity contribution is 6.02. The number of nitrogens with two attached hydrogens (primary N) is 1. The van der Waals surface area contributed by atoms with Crippen LogP contribution in [0.5, 0.6) is 0 Å². The summed E-state index contributed by atoms with van der Waals surface area (Å²) in [6.45, 7) is 2.37. The first-order chi connectivity index (χ1) is 6.27. The lowest BCUT2D eigenvalue weighted by Crippen LogP contribution is -2.87. The molecule has 2 saturated heterocycles. The molecule has 0 unspecified atom stereocenters. The zero-order valence-corrected chi connectivity index (χ0v) is 7.45. The second-order valence-electron chi connectivity index (χ2n) is 3.58. The van der Waals surface area contributed by atoms with Gasteiger partial charge in [0, 0.05) is 18.9 Å². The van der Waals surface area contributed by atoms with E-state index in [1.807, 2.05) is 0 Å². The Morgan fingerprint density at radius 1 is 1.31 bits per heavy atom. The van der Waals surface area contributed by atoms with E-state index in [9.17, 15) is 9.59 Å². The van der Waals surface area contributed by atoms with Crippen LogP contribution in [0.3, 0.4) is 0 Å². The molecule has 5 nitrogen and oxygen atoms in total. The van der Waals surface area contributed by atoms with E-state index in [1.165, 1.54) is 0 Å². The van der Waals surface area contributed by atoms with Crippen molar-refractivity contribution >= 4 is 11.9 Å². The molecule has 13 heavy (non-hydrogen) atoms. The van der Waals surface area contributed by atoms with E-state index >= 15 is 0 Å². The van der Waals surface area contributed by atoms with Gasteiger partial charge in [-0.15, -0.1) is 0 Å². The fourth-order valence-electron chi connectivity index (χ4n) is 1.97. The molecular weight excluding hydrogens is 170 g/mol. The average molecular weight is 184 g/mol. The van der Waals surface area contributed by atoms with Gasteiger partial charge in [-0.05, 0) is 0 Å². The molecule has 2 aliphatic rings. The highest BCUT2D eigenvalue weighted by Gasteiger charge is 2.33. The second-order valence-corrected chi connectivity index (χ2v) is 3.58. The number of carbonyl (C=O) groups excluding carboxylic acids is 2. The van der Waals surface area contributed by atoms with Crippen molar-refractivity contribution in [3.8, 4) is 0 Å². The van der Waals surface area contributed by atoms with Crippen molar-refractivity contribution < 1.29 is 14.9 Å². The monoisotopic (exact) mass is 184 g/mol. The summed E-state index contributed by atoms with van der Waals surface area (Å²) in [5.41, 5.74) is 0. The van der Waals surface area contributed by atoms with Crippen LogP contribution >= 0.6 is 0 Å². The van der Waals surface area contributed by atoms with E-state index in [4.69, 9.17) is 0 Å². The first-order valence-corrected chi connectivity index (χ1v) is 4.69. The van der Waals surface area contributed by atoms with Gasteiger partial charge < -0.3 is 10.2 Å². The van der Waals surface area contributed by atoms with Gasteiger partial charge in [0.2, 0.25) is 5.91 Å². The third kappa shape index (κ3) is 1.65. The van der Waals surface area contributed by atoms with E-state index in [2.05, 4.69) is 10.6 Å². The number of hydrogen-bond donors (Lipinski definition) is 2. The lowest BCUT2D eigenvalue weighted by atomic mass is 10.1. The van der Waals surface area contributed by atoms with Gasteiger partial charge in [-0.25, -0.2) is 4.79 Å². The average Bonchev–Trinajstić information content (AvgIpc) is 2.47. The molecule has 0 aromatic carbocycles. The summed E-state index contributed by atoms with van der Waals surface area (Å²) in [5, 5.41) is 4.54. The molecule has 0 bridgehead atoms. The van der Waals surface area contributed by atoms with Crippen LogP contribution in [0, 0.1) is 0 Å². The zero-order valence-electron chi connectivity index (χ0n) is 7.45. The topological polar surface area (TPSA) is 66.0 Å². The highest BCUT2D eigenvalue weighted by Crippen LogP contribution is 2.12. The van der Waals surface area contributed by atoms with Crippen molar-refractivity contribution in [2.75, 3.05) is 19.6 Å². The summed E-state index contributed by atoms with van der Waals surface area (Å²) in [5.74, 6) is -0.167. The molecule has 0 aromatic heterocycles. The number of rotatable bonds is 1. The van der Waals surface area contributed by atoms with Crippen LogP contribution in [0.2, 0.25) is 0 Å². The maximum absolute atomic E-state index is 11.3. The predicted octanol–water partition coefficient (Wildman–Crippen LogP) is -1.74. The molecular formula is C8H14N3O2+. The number of quaternary nitrogens is 1. The highest BCUT2D eigenvalue weighted by atomic mass is 16.2. The molecule has 2 fully saturated rings. The minimum absolute atomic E-state index is 0.167. The fraction of sp³-hybridized carbons (Fsp3) is 0.750. The summed E-state index contributed by atoms with van der Waals surface area (Å²) >= 11 is 0. The van der Waals surface area contributed by atoms with E-state index in [0.29, 0.717) is 0 Å². The number of piperidine rings is 1. The van der Waals surface area contributed by atoms with E-state index in [-0.39, 0.29) is 24.5 Å². The summed E-state index contributed by atoms with van der Waals surface area (Å²) < 4.78 is 0. The Kier molecular flexibility index (Phi) is 2.18. The van der Waals surface area contributed by atoms with Gasteiger partial charge >= 0.3 is 6.03 Å². The molecule has 2 heterocycles. The number of imide groups is 1. The molecule has 0 radical (unpaired) electrons. The molecule has 0 atom stereocenters. The standard InChI is InChI=1S/C8H13N3O2/c12-7-5-11(8(13)10-7)6-1-3-9-4-2-6/h6,9H,1-5H2,(H,10,12,13)/p+1. The number of carbonyl (C=O) groups is 2. The van der Waals surface area contributed by atoms with Crippen LogP contribution in [-0.2, 0) is 4.79 Å². The Morgan fingerprint density at radius 2 is 2.00 bits per heavy atom. The Balaban J connectivity index is 1.99. The molecule has 3 amide bonds. The fourth-order valence-corrected chi connectivity index (χ4v) is 1.97. The smallest absolute Gasteiger partial charge is 0.324 e. The minimum Gasteiger partial charge on any atom is -0.346 e.